The number of piperidine rings is 2. The molecule has 4 heteroatoms. The minimum atomic E-state index is 0.776. The van der Waals surface area contributed by atoms with Gasteiger partial charge in [0.2, 0.25) is 0 Å². The summed E-state index contributed by atoms with van der Waals surface area (Å²) < 4.78 is 0. The molecule has 3 heterocycles. The van der Waals surface area contributed by atoms with Crippen LogP contribution in [0.1, 0.15) is 37.7 Å². The molecule has 3 rings (SSSR count). The normalized spacial score (nSPS) is 22.1. The average molecular weight is 274 g/mol. The van der Waals surface area contributed by atoms with E-state index in [0.717, 1.165) is 36.2 Å². The molecule has 110 valence electrons. The molecule has 20 heavy (non-hydrogen) atoms. The van der Waals surface area contributed by atoms with Gasteiger partial charge in [0.15, 0.2) is 5.82 Å². The largest absolute Gasteiger partial charge is 0.396 e. The number of pyridine rings is 1. The summed E-state index contributed by atoms with van der Waals surface area (Å²) in [6.45, 7) is 6.83. The quantitative estimate of drug-likeness (QED) is 0.899. The summed E-state index contributed by atoms with van der Waals surface area (Å²) in [7, 11) is 0. The van der Waals surface area contributed by atoms with E-state index in [4.69, 9.17) is 5.73 Å². The Morgan fingerprint density at radius 2 is 1.80 bits per heavy atom. The van der Waals surface area contributed by atoms with E-state index in [9.17, 15) is 0 Å². The predicted octanol–water partition coefficient (Wildman–Crippen LogP) is 2.43. The Kier molecular flexibility index (Phi) is 4.10. The molecule has 2 aliphatic rings. The van der Waals surface area contributed by atoms with Crippen LogP contribution in [0.15, 0.2) is 12.3 Å². The molecule has 0 spiro atoms. The number of hydrogen-bond donors (Lipinski definition) is 1. The Hall–Kier alpha value is -1.29. The Morgan fingerprint density at radius 3 is 2.50 bits per heavy atom. The van der Waals surface area contributed by atoms with Crippen LogP contribution >= 0.6 is 0 Å². The van der Waals surface area contributed by atoms with E-state index in [1.807, 2.05) is 12.3 Å². The van der Waals surface area contributed by atoms with Crippen molar-refractivity contribution in [3.8, 4) is 0 Å². The average Bonchev–Trinajstić information content (AvgIpc) is 2.51. The zero-order valence-electron chi connectivity index (χ0n) is 12.5. The van der Waals surface area contributed by atoms with Gasteiger partial charge in [-0.15, -0.1) is 0 Å². The van der Waals surface area contributed by atoms with E-state index >= 15 is 0 Å². The zero-order valence-corrected chi connectivity index (χ0v) is 12.5. The van der Waals surface area contributed by atoms with Crippen molar-refractivity contribution in [2.75, 3.05) is 36.8 Å². The van der Waals surface area contributed by atoms with Crippen LogP contribution < -0.4 is 10.6 Å². The molecule has 0 amide bonds. The van der Waals surface area contributed by atoms with Crippen molar-refractivity contribution >= 4 is 11.5 Å². The van der Waals surface area contributed by atoms with Crippen LogP contribution in [0.5, 0.6) is 0 Å². The molecule has 0 unspecified atom stereocenters. The molecule has 2 N–H and O–H groups in total. The monoisotopic (exact) mass is 274 g/mol. The van der Waals surface area contributed by atoms with Crippen LogP contribution in [0.4, 0.5) is 11.5 Å². The van der Waals surface area contributed by atoms with Gasteiger partial charge in [-0.05, 0) is 57.3 Å². The van der Waals surface area contributed by atoms with Gasteiger partial charge >= 0.3 is 0 Å². The van der Waals surface area contributed by atoms with Gasteiger partial charge in [0.1, 0.15) is 0 Å². The van der Waals surface area contributed by atoms with Gasteiger partial charge in [-0.25, -0.2) is 4.98 Å². The molecule has 0 saturated carbocycles. The smallest absolute Gasteiger partial charge is 0.152 e. The third-order valence-electron chi connectivity index (χ3n) is 4.86. The van der Waals surface area contributed by atoms with Gasteiger partial charge in [-0.2, -0.15) is 0 Å². The van der Waals surface area contributed by atoms with E-state index in [-0.39, 0.29) is 0 Å². The summed E-state index contributed by atoms with van der Waals surface area (Å²) >= 11 is 0. The fraction of sp³-hybridized carbons (Fsp3) is 0.688. The molecule has 0 aliphatic carbocycles. The van der Waals surface area contributed by atoms with Gasteiger partial charge in [-0.3, -0.25) is 0 Å². The molecule has 2 aliphatic heterocycles. The molecule has 0 radical (unpaired) electrons. The minimum absolute atomic E-state index is 0.776. The number of aryl methyl sites for hydroxylation is 1. The Morgan fingerprint density at radius 1 is 1.10 bits per heavy atom. The number of hydrogen-bond acceptors (Lipinski definition) is 4. The summed E-state index contributed by atoms with van der Waals surface area (Å²) in [5, 5.41) is 0. The Labute approximate surface area is 122 Å². The van der Waals surface area contributed by atoms with Gasteiger partial charge in [0, 0.05) is 25.3 Å². The number of nitrogen functional groups attached to an aromatic ring is 1. The van der Waals surface area contributed by atoms with Crippen LogP contribution in [-0.2, 0) is 0 Å². The van der Waals surface area contributed by atoms with Crippen LogP contribution in [0, 0.1) is 6.92 Å². The number of nitrogens with two attached hydrogens (primary N) is 1. The van der Waals surface area contributed by atoms with Gasteiger partial charge < -0.3 is 15.5 Å². The summed E-state index contributed by atoms with van der Waals surface area (Å²) in [5.74, 6) is 0.988. The summed E-state index contributed by atoms with van der Waals surface area (Å²) in [5.41, 5.74) is 8.16. The molecule has 1 aromatic heterocycles. The summed E-state index contributed by atoms with van der Waals surface area (Å²) in [4.78, 5) is 9.55. The topological polar surface area (TPSA) is 45.4 Å². The van der Waals surface area contributed by atoms with E-state index in [2.05, 4.69) is 21.7 Å². The number of nitrogens with zero attached hydrogens (tertiary/aromatic N) is 3. The highest BCUT2D eigenvalue weighted by Gasteiger charge is 2.26. The van der Waals surface area contributed by atoms with Crippen molar-refractivity contribution in [1.82, 2.24) is 9.88 Å². The van der Waals surface area contributed by atoms with Crippen LogP contribution in [-0.4, -0.2) is 42.1 Å². The molecule has 1 aromatic rings. The highest BCUT2D eigenvalue weighted by Crippen LogP contribution is 2.28. The first-order valence-corrected chi connectivity index (χ1v) is 7.96. The predicted molar refractivity (Wildman–Crippen MR) is 84.0 cm³/mol. The standard InChI is InChI=1S/C16H26N4/c1-13-5-8-18-16(15(13)17)20-11-6-14(7-12-20)19-9-3-2-4-10-19/h5,8,14H,2-4,6-7,9-12,17H2,1H3. The van der Waals surface area contributed by atoms with Crippen LogP contribution in [0.3, 0.4) is 0 Å². The molecular weight excluding hydrogens is 248 g/mol. The lowest BCUT2D eigenvalue weighted by Gasteiger charge is -2.40. The lowest BCUT2D eigenvalue weighted by Crippen LogP contribution is -2.47. The van der Waals surface area contributed by atoms with Gasteiger partial charge in [0.05, 0.1) is 5.69 Å². The highest BCUT2D eigenvalue weighted by atomic mass is 15.2. The van der Waals surface area contributed by atoms with Crippen molar-refractivity contribution in [3.63, 3.8) is 0 Å². The van der Waals surface area contributed by atoms with Gasteiger partial charge in [-0.1, -0.05) is 6.42 Å². The summed E-state index contributed by atoms with van der Waals surface area (Å²) in [6, 6.07) is 2.76. The van der Waals surface area contributed by atoms with E-state index < -0.39 is 0 Å². The molecule has 4 nitrogen and oxygen atoms in total. The number of likely N-dealkylation sites (tertiary alicyclic amines) is 1. The maximum atomic E-state index is 6.18. The number of rotatable bonds is 2. The summed E-state index contributed by atoms with van der Waals surface area (Å²) in [6.07, 6.45) is 8.54. The van der Waals surface area contributed by atoms with Gasteiger partial charge in [0.25, 0.3) is 0 Å². The van der Waals surface area contributed by atoms with Crippen molar-refractivity contribution in [1.29, 1.82) is 0 Å². The maximum absolute atomic E-state index is 6.18. The highest BCUT2D eigenvalue weighted by molar-refractivity contribution is 5.66. The van der Waals surface area contributed by atoms with E-state index in [0.29, 0.717) is 0 Å². The third-order valence-corrected chi connectivity index (χ3v) is 4.86. The van der Waals surface area contributed by atoms with Crippen molar-refractivity contribution < 1.29 is 0 Å². The van der Waals surface area contributed by atoms with Crippen molar-refractivity contribution in [3.05, 3.63) is 17.8 Å². The third kappa shape index (κ3) is 2.75. The molecule has 2 saturated heterocycles. The second-order valence-corrected chi connectivity index (χ2v) is 6.18. The SMILES string of the molecule is Cc1ccnc(N2CCC(N3CCCCC3)CC2)c1N. The maximum Gasteiger partial charge on any atom is 0.152 e. The first kappa shape index (κ1) is 13.7. The molecule has 0 atom stereocenters. The molecule has 0 aromatic carbocycles. The first-order chi connectivity index (χ1) is 9.75. The molecule has 0 bridgehead atoms. The van der Waals surface area contributed by atoms with E-state index in [1.54, 1.807) is 0 Å². The van der Waals surface area contributed by atoms with E-state index in [1.165, 1.54) is 45.2 Å². The fourth-order valence-corrected chi connectivity index (χ4v) is 3.53. The Balaban J connectivity index is 1.62. The van der Waals surface area contributed by atoms with Crippen LogP contribution in [0.25, 0.3) is 0 Å². The first-order valence-electron chi connectivity index (χ1n) is 7.96. The van der Waals surface area contributed by atoms with Crippen molar-refractivity contribution in [2.45, 2.75) is 45.1 Å². The van der Waals surface area contributed by atoms with Crippen molar-refractivity contribution in [2.24, 2.45) is 0 Å². The van der Waals surface area contributed by atoms with Crippen LogP contribution in [0.2, 0.25) is 0 Å². The zero-order chi connectivity index (χ0) is 13.9. The molecular formula is C16H26N4. The minimum Gasteiger partial charge on any atom is -0.396 e. The Bertz CT molecular complexity index is 446. The lowest BCUT2D eigenvalue weighted by molar-refractivity contribution is 0.141. The number of anilines is 2. The number of aromatic nitrogens is 1. The fourth-order valence-electron chi connectivity index (χ4n) is 3.53. The molecule has 2 fully saturated rings. The second kappa shape index (κ2) is 6.00. The lowest BCUT2D eigenvalue weighted by atomic mass is 9.99. The second-order valence-electron chi connectivity index (χ2n) is 6.18.